The number of amidine groups is 1. The largest absolute Gasteiger partial charge is 0.295 e. The van der Waals surface area contributed by atoms with Crippen LogP contribution in [0.5, 0.6) is 0 Å². The molecule has 7 heteroatoms. The van der Waals surface area contributed by atoms with Crippen LogP contribution in [0.1, 0.15) is 57.4 Å². The van der Waals surface area contributed by atoms with Crippen LogP contribution in [0.2, 0.25) is 0 Å². The monoisotopic (exact) mass is 440 g/mol. The molecule has 2 aromatic carbocycles. The molecule has 1 N–H and O–H groups in total. The van der Waals surface area contributed by atoms with Crippen LogP contribution < -0.4 is 0 Å². The Morgan fingerprint density at radius 2 is 1.74 bits per heavy atom. The highest BCUT2D eigenvalue weighted by molar-refractivity contribution is 7.86. The van der Waals surface area contributed by atoms with Gasteiger partial charge in [0.25, 0.3) is 16.0 Å². The second-order valence-corrected chi connectivity index (χ2v) is 9.82. The predicted octanol–water partition coefficient (Wildman–Crippen LogP) is 4.84. The van der Waals surface area contributed by atoms with E-state index in [1.165, 1.54) is 6.07 Å². The quantitative estimate of drug-likeness (QED) is 0.624. The molecule has 2 aromatic rings. The fraction of sp³-hybridized carbons (Fsp3) is 0.417. The van der Waals surface area contributed by atoms with Crippen LogP contribution in [0.25, 0.3) is 11.1 Å². The predicted molar refractivity (Wildman–Crippen MR) is 120 cm³/mol. The van der Waals surface area contributed by atoms with Crippen LogP contribution in [0, 0.1) is 0 Å². The summed E-state index contributed by atoms with van der Waals surface area (Å²) in [5, 5.41) is 0. The van der Waals surface area contributed by atoms with Crippen LogP contribution in [0.4, 0.5) is 0 Å². The Kier molecular flexibility index (Phi) is 5.99. The topological polar surface area (TPSA) is 87.0 Å². The van der Waals surface area contributed by atoms with Crippen molar-refractivity contribution in [3.05, 3.63) is 54.1 Å². The van der Waals surface area contributed by atoms with Gasteiger partial charge in [-0.25, -0.2) is 0 Å². The molecule has 1 amide bonds. The molecule has 31 heavy (non-hydrogen) atoms. The number of hydrogen-bond acceptors (Lipinski definition) is 4. The fourth-order valence-corrected chi connectivity index (χ4v) is 5.31. The summed E-state index contributed by atoms with van der Waals surface area (Å²) in [4.78, 5) is 19.9. The minimum Gasteiger partial charge on any atom is -0.294 e. The molecule has 0 unspecified atom stereocenters. The van der Waals surface area contributed by atoms with Crippen LogP contribution in [0.15, 0.2) is 58.4 Å². The smallest absolute Gasteiger partial charge is 0.294 e. The van der Waals surface area contributed by atoms with E-state index in [0.29, 0.717) is 17.7 Å². The Morgan fingerprint density at radius 1 is 1.06 bits per heavy atom. The highest BCUT2D eigenvalue weighted by Crippen LogP contribution is 2.40. The molecular formula is C24H28N2O4S. The van der Waals surface area contributed by atoms with Gasteiger partial charge >= 0.3 is 0 Å². The van der Waals surface area contributed by atoms with Crippen molar-refractivity contribution in [2.45, 2.75) is 68.8 Å². The standard InChI is InChI=1S/C24H28N2O4S/c1-2-3-10-22-25-24(15-6-7-16-24)23(27)26(22)17-18-11-13-19(14-12-18)20-8-4-5-9-21(20)31(28,29)30/h4-5,8-9,11-14H,2-3,6-7,10,15-17H2,1H3,(H,28,29,30). The molecule has 2 aliphatic rings. The van der Waals surface area contributed by atoms with Crippen molar-refractivity contribution in [1.29, 1.82) is 0 Å². The van der Waals surface area contributed by atoms with E-state index in [1.807, 2.05) is 29.2 Å². The van der Waals surface area contributed by atoms with Gasteiger partial charge in [-0.15, -0.1) is 0 Å². The lowest BCUT2D eigenvalue weighted by Crippen LogP contribution is -2.40. The number of unbranched alkanes of at least 4 members (excludes halogenated alkanes) is 1. The second kappa shape index (κ2) is 8.55. The van der Waals surface area contributed by atoms with Crippen LogP contribution >= 0.6 is 0 Å². The third-order valence-corrected chi connectivity index (χ3v) is 7.16. The Morgan fingerprint density at radius 3 is 2.39 bits per heavy atom. The zero-order chi connectivity index (χ0) is 22.1. The first-order valence-electron chi connectivity index (χ1n) is 10.9. The molecule has 1 aliphatic carbocycles. The van der Waals surface area contributed by atoms with Crippen LogP contribution in [-0.2, 0) is 21.5 Å². The molecule has 0 aromatic heterocycles. The van der Waals surface area contributed by atoms with E-state index < -0.39 is 15.7 Å². The summed E-state index contributed by atoms with van der Waals surface area (Å²) >= 11 is 0. The molecule has 1 heterocycles. The zero-order valence-electron chi connectivity index (χ0n) is 17.8. The lowest BCUT2D eigenvalue weighted by Gasteiger charge is -2.23. The van der Waals surface area contributed by atoms with Crippen molar-refractivity contribution >= 4 is 21.9 Å². The van der Waals surface area contributed by atoms with E-state index in [9.17, 15) is 17.8 Å². The lowest BCUT2D eigenvalue weighted by atomic mass is 9.98. The highest BCUT2D eigenvalue weighted by atomic mass is 32.2. The average molecular weight is 441 g/mol. The number of carbonyl (C=O) groups excluding carboxylic acids is 1. The van der Waals surface area contributed by atoms with Gasteiger partial charge in [0.15, 0.2) is 0 Å². The van der Waals surface area contributed by atoms with Gasteiger partial charge in [-0.2, -0.15) is 8.42 Å². The molecule has 1 spiro atoms. The molecule has 6 nitrogen and oxygen atoms in total. The minimum absolute atomic E-state index is 0.116. The average Bonchev–Trinajstić information content (AvgIpc) is 3.33. The summed E-state index contributed by atoms with van der Waals surface area (Å²) in [5.74, 6) is 1.02. The van der Waals surface area contributed by atoms with Gasteiger partial charge in [-0.1, -0.05) is 68.7 Å². The number of amides is 1. The Balaban J connectivity index is 1.58. The normalized spacial score (nSPS) is 18.1. The minimum atomic E-state index is -4.32. The lowest BCUT2D eigenvalue weighted by molar-refractivity contribution is -0.131. The zero-order valence-corrected chi connectivity index (χ0v) is 18.6. The number of rotatable bonds is 7. The van der Waals surface area contributed by atoms with Crippen molar-refractivity contribution in [3.63, 3.8) is 0 Å². The highest BCUT2D eigenvalue weighted by Gasteiger charge is 2.49. The first kappa shape index (κ1) is 21.7. The van der Waals surface area contributed by atoms with Gasteiger partial charge in [0.1, 0.15) is 16.3 Å². The van der Waals surface area contributed by atoms with E-state index in [4.69, 9.17) is 4.99 Å². The Hall–Kier alpha value is -2.51. The van der Waals surface area contributed by atoms with Gasteiger partial charge in [0.05, 0.1) is 6.54 Å². The summed E-state index contributed by atoms with van der Waals surface area (Å²) < 4.78 is 32.9. The van der Waals surface area contributed by atoms with E-state index in [1.54, 1.807) is 18.2 Å². The summed E-state index contributed by atoms with van der Waals surface area (Å²) in [5.41, 5.74) is 1.55. The van der Waals surface area contributed by atoms with Crippen LogP contribution in [0.3, 0.4) is 0 Å². The summed E-state index contributed by atoms with van der Waals surface area (Å²) in [7, 11) is -4.32. The molecule has 0 atom stereocenters. The molecule has 0 saturated heterocycles. The molecule has 0 radical (unpaired) electrons. The maximum Gasteiger partial charge on any atom is 0.295 e. The Labute approximate surface area is 183 Å². The molecule has 1 fully saturated rings. The first-order valence-corrected chi connectivity index (χ1v) is 12.3. The molecule has 4 rings (SSSR count). The number of hydrogen-bond donors (Lipinski definition) is 1. The number of nitrogens with zero attached hydrogens (tertiary/aromatic N) is 2. The molecule has 0 bridgehead atoms. The fourth-order valence-electron chi connectivity index (χ4n) is 4.60. The van der Waals surface area contributed by atoms with Gasteiger partial charge in [0.2, 0.25) is 0 Å². The summed E-state index contributed by atoms with van der Waals surface area (Å²) in [6.45, 7) is 2.60. The number of benzene rings is 2. The van der Waals surface area contributed by atoms with E-state index in [0.717, 1.165) is 56.3 Å². The number of carbonyl (C=O) groups is 1. The maximum atomic E-state index is 13.3. The van der Waals surface area contributed by atoms with Crippen molar-refractivity contribution in [1.82, 2.24) is 4.90 Å². The molecule has 1 saturated carbocycles. The maximum absolute atomic E-state index is 13.3. The third kappa shape index (κ3) is 4.29. The number of aliphatic imine (C=N–C) groups is 1. The van der Waals surface area contributed by atoms with Gasteiger partial charge in [0, 0.05) is 12.0 Å². The van der Waals surface area contributed by atoms with Crippen molar-refractivity contribution in [2.75, 3.05) is 0 Å². The van der Waals surface area contributed by atoms with Gasteiger partial charge in [-0.05, 0) is 36.5 Å². The molecular weight excluding hydrogens is 412 g/mol. The Bertz CT molecular complexity index is 1100. The molecule has 1 aliphatic heterocycles. The summed E-state index contributed by atoms with van der Waals surface area (Å²) in [6.07, 6.45) is 6.63. The third-order valence-electron chi connectivity index (χ3n) is 6.25. The van der Waals surface area contributed by atoms with Crippen molar-refractivity contribution in [3.8, 4) is 11.1 Å². The van der Waals surface area contributed by atoms with Crippen molar-refractivity contribution in [2.24, 2.45) is 4.99 Å². The first-order chi connectivity index (χ1) is 14.8. The van der Waals surface area contributed by atoms with E-state index in [2.05, 4.69) is 6.92 Å². The summed E-state index contributed by atoms with van der Waals surface area (Å²) in [6, 6.07) is 13.8. The molecule has 164 valence electrons. The van der Waals surface area contributed by atoms with Gasteiger partial charge < -0.3 is 0 Å². The van der Waals surface area contributed by atoms with Gasteiger partial charge in [-0.3, -0.25) is 19.2 Å². The van der Waals surface area contributed by atoms with Crippen molar-refractivity contribution < 1.29 is 17.8 Å². The SMILES string of the molecule is CCCCC1=NC2(CCCC2)C(=O)N1Cc1ccc(-c2ccccc2S(=O)(=O)O)cc1. The second-order valence-electron chi connectivity index (χ2n) is 8.43. The van der Waals surface area contributed by atoms with E-state index >= 15 is 0 Å². The van der Waals surface area contributed by atoms with Crippen LogP contribution in [-0.4, -0.2) is 35.2 Å². The van der Waals surface area contributed by atoms with E-state index in [-0.39, 0.29) is 10.8 Å².